The van der Waals surface area contributed by atoms with Crippen LogP contribution < -0.4 is 9.80 Å². The van der Waals surface area contributed by atoms with Crippen molar-refractivity contribution in [2.45, 2.75) is 19.3 Å². The lowest BCUT2D eigenvalue weighted by Gasteiger charge is -2.31. The van der Waals surface area contributed by atoms with E-state index in [2.05, 4.69) is 0 Å². The standard InChI is InChI=1S/C20H18F2N2O2/c21-15-7-3-8-16(22)19(15)24-12-14(11-18(24)25)20(26)23-10-4-6-13-5-1-2-9-17(13)23/h1-3,5,7-9,14H,4,6,10-12H2. The zero-order valence-electron chi connectivity index (χ0n) is 14.1. The van der Waals surface area contributed by atoms with Crippen LogP contribution in [0.15, 0.2) is 42.5 Å². The maximum atomic E-state index is 14.0. The number of hydrogen-bond donors (Lipinski definition) is 0. The van der Waals surface area contributed by atoms with Crippen molar-refractivity contribution in [1.29, 1.82) is 0 Å². The average Bonchev–Trinajstić information content (AvgIpc) is 3.02. The van der Waals surface area contributed by atoms with Gasteiger partial charge in [0.2, 0.25) is 11.8 Å². The number of halogens is 2. The molecule has 4 rings (SSSR count). The molecule has 0 N–H and O–H groups in total. The number of anilines is 2. The summed E-state index contributed by atoms with van der Waals surface area (Å²) in [6.07, 6.45) is 1.73. The normalized spacial score (nSPS) is 19.6. The maximum Gasteiger partial charge on any atom is 0.232 e. The Balaban J connectivity index is 1.59. The topological polar surface area (TPSA) is 40.6 Å². The molecular formula is C20H18F2N2O2. The molecule has 0 saturated carbocycles. The lowest BCUT2D eigenvalue weighted by molar-refractivity contribution is -0.124. The molecule has 0 spiro atoms. The number of hydrogen-bond acceptors (Lipinski definition) is 2. The van der Waals surface area contributed by atoms with Gasteiger partial charge in [-0.2, -0.15) is 0 Å². The minimum Gasteiger partial charge on any atom is -0.312 e. The number of rotatable bonds is 2. The average molecular weight is 356 g/mol. The van der Waals surface area contributed by atoms with E-state index in [-0.39, 0.29) is 24.6 Å². The van der Waals surface area contributed by atoms with Crippen LogP contribution in [0.3, 0.4) is 0 Å². The third-order valence-corrected chi connectivity index (χ3v) is 5.06. The Morgan fingerprint density at radius 3 is 2.54 bits per heavy atom. The van der Waals surface area contributed by atoms with Crippen LogP contribution in [0.25, 0.3) is 0 Å². The van der Waals surface area contributed by atoms with Crippen molar-refractivity contribution in [3.63, 3.8) is 0 Å². The van der Waals surface area contributed by atoms with Gasteiger partial charge in [0, 0.05) is 25.2 Å². The van der Waals surface area contributed by atoms with Crippen LogP contribution in [-0.4, -0.2) is 24.9 Å². The first-order valence-corrected chi connectivity index (χ1v) is 8.70. The minimum atomic E-state index is -0.797. The van der Waals surface area contributed by atoms with Gasteiger partial charge in [-0.15, -0.1) is 0 Å². The molecule has 1 atom stereocenters. The van der Waals surface area contributed by atoms with Crippen molar-refractivity contribution in [3.8, 4) is 0 Å². The fourth-order valence-electron chi connectivity index (χ4n) is 3.82. The van der Waals surface area contributed by atoms with Crippen molar-refractivity contribution in [3.05, 3.63) is 59.7 Å². The van der Waals surface area contributed by atoms with Gasteiger partial charge in [0.05, 0.1) is 5.92 Å². The van der Waals surface area contributed by atoms with Gasteiger partial charge in [0.15, 0.2) is 0 Å². The highest BCUT2D eigenvalue weighted by molar-refractivity contribution is 6.05. The summed E-state index contributed by atoms with van der Waals surface area (Å²) in [5.41, 5.74) is 1.60. The largest absolute Gasteiger partial charge is 0.312 e. The van der Waals surface area contributed by atoms with Crippen LogP contribution in [0.2, 0.25) is 0 Å². The number of para-hydroxylation sites is 2. The first-order chi connectivity index (χ1) is 12.6. The first-order valence-electron chi connectivity index (χ1n) is 8.70. The van der Waals surface area contributed by atoms with Crippen LogP contribution in [0, 0.1) is 17.6 Å². The molecule has 1 fully saturated rings. The highest BCUT2D eigenvalue weighted by atomic mass is 19.1. The number of carbonyl (C=O) groups is 2. The van der Waals surface area contributed by atoms with Gasteiger partial charge in [0.1, 0.15) is 17.3 Å². The molecule has 134 valence electrons. The number of nitrogens with zero attached hydrogens (tertiary/aromatic N) is 2. The molecule has 0 radical (unpaired) electrons. The van der Waals surface area contributed by atoms with Crippen molar-refractivity contribution < 1.29 is 18.4 Å². The van der Waals surface area contributed by atoms with Gasteiger partial charge in [-0.25, -0.2) is 8.78 Å². The summed E-state index contributed by atoms with van der Waals surface area (Å²) < 4.78 is 28.1. The lowest BCUT2D eigenvalue weighted by atomic mass is 9.99. The van der Waals surface area contributed by atoms with Gasteiger partial charge >= 0.3 is 0 Å². The summed E-state index contributed by atoms with van der Waals surface area (Å²) in [5, 5.41) is 0. The Labute approximate surface area is 150 Å². The van der Waals surface area contributed by atoms with Gasteiger partial charge in [-0.1, -0.05) is 24.3 Å². The second kappa shape index (κ2) is 6.52. The Morgan fingerprint density at radius 2 is 1.77 bits per heavy atom. The van der Waals surface area contributed by atoms with Crippen LogP contribution >= 0.6 is 0 Å². The van der Waals surface area contributed by atoms with Gasteiger partial charge in [-0.05, 0) is 36.6 Å². The van der Waals surface area contributed by atoms with E-state index in [4.69, 9.17) is 0 Å². The second-order valence-corrected chi connectivity index (χ2v) is 6.70. The number of amides is 2. The van der Waals surface area contributed by atoms with E-state index >= 15 is 0 Å². The zero-order chi connectivity index (χ0) is 18.3. The smallest absolute Gasteiger partial charge is 0.232 e. The fraction of sp³-hybridized carbons (Fsp3) is 0.300. The summed E-state index contributed by atoms with van der Waals surface area (Å²) in [5.74, 6) is -2.79. The Bertz CT molecular complexity index is 864. The van der Waals surface area contributed by atoms with Crippen LogP contribution in [0.5, 0.6) is 0 Å². The summed E-state index contributed by atoms with van der Waals surface area (Å²) in [4.78, 5) is 28.1. The van der Waals surface area contributed by atoms with E-state index in [9.17, 15) is 18.4 Å². The quantitative estimate of drug-likeness (QED) is 0.828. The summed E-state index contributed by atoms with van der Waals surface area (Å²) in [7, 11) is 0. The molecule has 26 heavy (non-hydrogen) atoms. The molecule has 2 amide bonds. The molecule has 2 aliphatic rings. The van der Waals surface area contributed by atoms with E-state index < -0.39 is 23.5 Å². The second-order valence-electron chi connectivity index (χ2n) is 6.70. The van der Waals surface area contributed by atoms with E-state index in [0.717, 1.165) is 41.1 Å². The number of benzene rings is 2. The Kier molecular flexibility index (Phi) is 4.18. The van der Waals surface area contributed by atoms with Crippen molar-refractivity contribution in [2.75, 3.05) is 22.9 Å². The molecular weight excluding hydrogens is 338 g/mol. The lowest BCUT2D eigenvalue weighted by Crippen LogP contribution is -2.40. The van der Waals surface area contributed by atoms with Crippen molar-refractivity contribution in [2.24, 2.45) is 5.92 Å². The predicted octanol–water partition coefficient (Wildman–Crippen LogP) is 3.30. The summed E-state index contributed by atoms with van der Waals surface area (Å²) >= 11 is 0. The molecule has 0 aromatic heterocycles. The summed E-state index contributed by atoms with van der Waals surface area (Å²) in [6.45, 7) is 0.586. The minimum absolute atomic E-state index is 0.00577. The fourth-order valence-corrected chi connectivity index (χ4v) is 3.82. The highest BCUT2D eigenvalue weighted by Crippen LogP contribution is 2.33. The van der Waals surface area contributed by atoms with Gasteiger partial charge in [-0.3, -0.25) is 9.59 Å². The summed E-state index contributed by atoms with van der Waals surface area (Å²) in [6, 6.07) is 11.2. The molecule has 2 aromatic rings. The molecule has 0 bridgehead atoms. The first kappa shape index (κ1) is 16.7. The van der Waals surface area contributed by atoms with E-state index in [1.54, 1.807) is 4.90 Å². The van der Waals surface area contributed by atoms with E-state index in [1.807, 2.05) is 24.3 Å². The molecule has 2 aromatic carbocycles. The number of aryl methyl sites for hydroxylation is 1. The predicted molar refractivity (Wildman–Crippen MR) is 93.9 cm³/mol. The third-order valence-electron chi connectivity index (χ3n) is 5.06. The molecule has 1 saturated heterocycles. The molecule has 0 aliphatic carbocycles. The molecule has 6 heteroatoms. The van der Waals surface area contributed by atoms with E-state index in [1.165, 1.54) is 6.07 Å². The van der Waals surface area contributed by atoms with Crippen molar-refractivity contribution in [1.82, 2.24) is 0 Å². The molecule has 1 unspecified atom stereocenters. The maximum absolute atomic E-state index is 14.0. The van der Waals surface area contributed by atoms with Gasteiger partial charge in [0.25, 0.3) is 0 Å². The van der Waals surface area contributed by atoms with Crippen LogP contribution in [0.4, 0.5) is 20.2 Å². The van der Waals surface area contributed by atoms with E-state index in [0.29, 0.717) is 6.54 Å². The van der Waals surface area contributed by atoms with Crippen LogP contribution in [0.1, 0.15) is 18.4 Å². The highest BCUT2D eigenvalue weighted by Gasteiger charge is 2.40. The Morgan fingerprint density at radius 1 is 1.04 bits per heavy atom. The molecule has 2 aliphatic heterocycles. The van der Waals surface area contributed by atoms with Crippen molar-refractivity contribution >= 4 is 23.2 Å². The monoisotopic (exact) mass is 356 g/mol. The molecule has 2 heterocycles. The number of fused-ring (bicyclic) bond motifs is 1. The third kappa shape index (κ3) is 2.75. The Hall–Kier alpha value is -2.76. The SMILES string of the molecule is O=C(C1CC(=O)N(c2c(F)cccc2F)C1)N1CCCc2ccccc21. The zero-order valence-corrected chi connectivity index (χ0v) is 14.1. The van der Waals surface area contributed by atoms with Crippen LogP contribution in [-0.2, 0) is 16.0 Å². The number of carbonyl (C=O) groups excluding carboxylic acids is 2. The molecule has 4 nitrogen and oxygen atoms in total. The van der Waals surface area contributed by atoms with Gasteiger partial charge < -0.3 is 9.80 Å².